The predicted octanol–water partition coefficient (Wildman–Crippen LogP) is 1.37. The van der Waals surface area contributed by atoms with Crippen LogP contribution >= 0.6 is 11.3 Å². The second kappa shape index (κ2) is 6.17. The first-order valence-corrected chi connectivity index (χ1v) is 8.33. The SMILES string of the molecule is NS(=O)(=O)c1cc(C(=O)NCCc2ccccc2)cs1. The van der Waals surface area contributed by atoms with Crippen molar-refractivity contribution in [2.45, 2.75) is 10.6 Å². The van der Waals surface area contributed by atoms with Crippen molar-refractivity contribution in [2.24, 2.45) is 5.14 Å². The van der Waals surface area contributed by atoms with E-state index in [1.165, 1.54) is 11.4 Å². The van der Waals surface area contributed by atoms with E-state index in [0.29, 0.717) is 12.1 Å². The second-order valence-electron chi connectivity index (χ2n) is 4.19. The van der Waals surface area contributed by atoms with Crippen LogP contribution in [0.2, 0.25) is 0 Å². The first kappa shape index (κ1) is 14.7. The minimum Gasteiger partial charge on any atom is -0.352 e. The molecule has 0 aliphatic rings. The summed E-state index contributed by atoms with van der Waals surface area (Å²) in [5, 5.41) is 9.23. The zero-order valence-corrected chi connectivity index (χ0v) is 12.2. The predicted molar refractivity (Wildman–Crippen MR) is 78.2 cm³/mol. The van der Waals surface area contributed by atoms with Crippen molar-refractivity contribution in [1.29, 1.82) is 0 Å². The minimum absolute atomic E-state index is 0.00860. The minimum atomic E-state index is -3.74. The third-order valence-electron chi connectivity index (χ3n) is 2.66. The highest BCUT2D eigenvalue weighted by Crippen LogP contribution is 2.18. The topological polar surface area (TPSA) is 89.3 Å². The highest BCUT2D eigenvalue weighted by molar-refractivity contribution is 7.91. The fourth-order valence-corrected chi connectivity index (χ4v) is 3.24. The lowest BCUT2D eigenvalue weighted by Crippen LogP contribution is -2.25. The van der Waals surface area contributed by atoms with Crippen LogP contribution in [0.25, 0.3) is 0 Å². The number of nitrogens with one attached hydrogen (secondary N) is 1. The number of carbonyl (C=O) groups excluding carboxylic acids is 1. The van der Waals surface area contributed by atoms with Gasteiger partial charge < -0.3 is 5.32 Å². The number of nitrogens with two attached hydrogens (primary N) is 1. The van der Waals surface area contributed by atoms with Gasteiger partial charge in [-0.15, -0.1) is 11.3 Å². The number of rotatable bonds is 5. The number of primary sulfonamides is 1. The molecule has 0 saturated carbocycles. The van der Waals surface area contributed by atoms with Gasteiger partial charge in [0.05, 0.1) is 5.56 Å². The number of benzene rings is 1. The number of sulfonamides is 1. The van der Waals surface area contributed by atoms with Crippen molar-refractivity contribution in [3.8, 4) is 0 Å². The third-order valence-corrected chi connectivity index (χ3v) is 5.05. The molecule has 1 aromatic carbocycles. The average molecular weight is 310 g/mol. The van der Waals surface area contributed by atoms with E-state index in [0.717, 1.165) is 23.3 Å². The van der Waals surface area contributed by atoms with Gasteiger partial charge in [-0.1, -0.05) is 30.3 Å². The lowest BCUT2D eigenvalue weighted by atomic mass is 10.1. The van der Waals surface area contributed by atoms with Gasteiger partial charge in [0, 0.05) is 11.9 Å². The van der Waals surface area contributed by atoms with Crippen LogP contribution in [0.4, 0.5) is 0 Å². The zero-order chi connectivity index (χ0) is 14.6. The number of amides is 1. The molecule has 0 fully saturated rings. The Morgan fingerprint density at radius 2 is 1.95 bits per heavy atom. The molecule has 0 unspecified atom stereocenters. The summed E-state index contributed by atoms with van der Waals surface area (Å²) < 4.78 is 22.2. The van der Waals surface area contributed by atoms with Crippen LogP contribution in [0.3, 0.4) is 0 Å². The molecule has 1 heterocycles. The van der Waals surface area contributed by atoms with Crippen LogP contribution < -0.4 is 10.5 Å². The molecule has 0 aliphatic heterocycles. The van der Waals surface area contributed by atoms with Gasteiger partial charge in [0.1, 0.15) is 4.21 Å². The number of carbonyl (C=O) groups is 1. The largest absolute Gasteiger partial charge is 0.352 e. The maximum atomic E-state index is 11.8. The summed E-state index contributed by atoms with van der Waals surface area (Å²) in [6, 6.07) is 11.1. The van der Waals surface area contributed by atoms with Crippen LogP contribution in [-0.4, -0.2) is 20.9 Å². The quantitative estimate of drug-likeness (QED) is 0.874. The molecule has 1 aromatic heterocycles. The molecule has 7 heteroatoms. The summed E-state index contributed by atoms with van der Waals surface area (Å²) in [7, 11) is -3.74. The molecular formula is C13H14N2O3S2. The number of thiophene rings is 1. The highest BCUT2D eigenvalue weighted by atomic mass is 32.2. The molecule has 0 saturated heterocycles. The number of hydrogen-bond acceptors (Lipinski definition) is 4. The molecule has 0 radical (unpaired) electrons. The number of hydrogen-bond donors (Lipinski definition) is 2. The van der Waals surface area contributed by atoms with Crippen molar-refractivity contribution >= 4 is 27.3 Å². The molecule has 2 aromatic rings. The van der Waals surface area contributed by atoms with Crippen molar-refractivity contribution in [2.75, 3.05) is 6.54 Å². The Kier molecular flexibility index (Phi) is 4.53. The smallest absolute Gasteiger partial charge is 0.252 e. The van der Waals surface area contributed by atoms with Crippen molar-refractivity contribution in [1.82, 2.24) is 5.32 Å². The van der Waals surface area contributed by atoms with Gasteiger partial charge in [-0.05, 0) is 18.1 Å². The van der Waals surface area contributed by atoms with Gasteiger partial charge >= 0.3 is 0 Å². The summed E-state index contributed by atoms with van der Waals surface area (Å²) in [5.41, 5.74) is 1.44. The highest BCUT2D eigenvalue weighted by Gasteiger charge is 2.14. The summed E-state index contributed by atoms with van der Waals surface area (Å²) in [6.07, 6.45) is 0.721. The van der Waals surface area contributed by atoms with Crippen LogP contribution in [0.1, 0.15) is 15.9 Å². The average Bonchev–Trinajstić information content (AvgIpc) is 2.89. The fraction of sp³-hybridized carbons (Fsp3) is 0.154. The third kappa shape index (κ3) is 3.89. The fourth-order valence-electron chi connectivity index (χ4n) is 1.65. The van der Waals surface area contributed by atoms with E-state index in [1.807, 2.05) is 30.3 Å². The van der Waals surface area contributed by atoms with Crippen molar-refractivity contribution in [3.63, 3.8) is 0 Å². The molecule has 0 spiro atoms. The Morgan fingerprint density at radius 1 is 1.25 bits per heavy atom. The molecule has 2 rings (SSSR count). The molecule has 1 amide bonds. The lowest BCUT2D eigenvalue weighted by molar-refractivity contribution is 0.0954. The van der Waals surface area contributed by atoms with Crippen LogP contribution in [0, 0.1) is 0 Å². The zero-order valence-electron chi connectivity index (χ0n) is 10.6. The van der Waals surface area contributed by atoms with Crippen LogP contribution in [-0.2, 0) is 16.4 Å². The van der Waals surface area contributed by atoms with E-state index in [1.54, 1.807) is 0 Å². The molecule has 3 N–H and O–H groups in total. The Labute approximate surface area is 121 Å². The lowest BCUT2D eigenvalue weighted by Gasteiger charge is -2.03. The van der Waals surface area contributed by atoms with Gasteiger partial charge in [-0.3, -0.25) is 4.79 Å². The molecule has 5 nitrogen and oxygen atoms in total. The first-order chi connectivity index (χ1) is 9.47. The Hall–Kier alpha value is -1.70. The summed E-state index contributed by atoms with van der Waals surface area (Å²) >= 11 is 0.941. The van der Waals surface area contributed by atoms with Crippen LogP contribution in [0.5, 0.6) is 0 Å². The van der Waals surface area contributed by atoms with Gasteiger partial charge in [-0.25, -0.2) is 13.6 Å². The maximum absolute atomic E-state index is 11.8. The van der Waals surface area contributed by atoms with Crippen molar-refractivity contribution in [3.05, 3.63) is 52.9 Å². The van der Waals surface area contributed by atoms with Gasteiger partial charge in [0.25, 0.3) is 5.91 Å². The van der Waals surface area contributed by atoms with E-state index in [9.17, 15) is 13.2 Å². The second-order valence-corrected chi connectivity index (χ2v) is 6.89. The molecule has 106 valence electrons. The Balaban J connectivity index is 1.91. The molecule has 20 heavy (non-hydrogen) atoms. The Bertz CT molecular complexity index is 693. The van der Waals surface area contributed by atoms with E-state index in [4.69, 9.17) is 5.14 Å². The standard InChI is InChI=1S/C13H14N2O3S2/c14-20(17,18)12-8-11(9-19-12)13(16)15-7-6-10-4-2-1-3-5-10/h1-5,8-9H,6-7H2,(H,15,16)(H2,14,17,18). The van der Waals surface area contributed by atoms with Crippen LogP contribution in [0.15, 0.2) is 46.0 Å². The van der Waals surface area contributed by atoms with Gasteiger partial charge in [-0.2, -0.15) is 0 Å². The first-order valence-electron chi connectivity index (χ1n) is 5.90. The molecule has 0 aliphatic carbocycles. The maximum Gasteiger partial charge on any atom is 0.252 e. The summed E-state index contributed by atoms with van der Waals surface area (Å²) in [4.78, 5) is 11.8. The molecular weight excluding hydrogens is 296 g/mol. The summed E-state index contributed by atoms with van der Waals surface area (Å²) in [5.74, 6) is -0.299. The van der Waals surface area contributed by atoms with E-state index in [2.05, 4.69) is 5.32 Å². The molecule has 0 atom stereocenters. The van der Waals surface area contributed by atoms with Gasteiger partial charge in [0.2, 0.25) is 10.0 Å². The van der Waals surface area contributed by atoms with Gasteiger partial charge in [0.15, 0.2) is 0 Å². The summed E-state index contributed by atoms with van der Waals surface area (Å²) in [6.45, 7) is 0.489. The monoisotopic (exact) mass is 310 g/mol. The van der Waals surface area contributed by atoms with Crippen molar-refractivity contribution < 1.29 is 13.2 Å². The Morgan fingerprint density at radius 3 is 2.55 bits per heavy atom. The normalized spacial score (nSPS) is 11.2. The van der Waals surface area contributed by atoms with E-state index < -0.39 is 10.0 Å². The van der Waals surface area contributed by atoms with E-state index >= 15 is 0 Å². The van der Waals surface area contributed by atoms with E-state index in [-0.39, 0.29) is 10.1 Å². The molecule has 0 bridgehead atoms.